The van der Waals surface area contributed by atoms with Crippen molar-refractivity contribution in [1.29, 1.82) is 0 Å². The molecule has 0 N–H and O–H groups in total. The van der Waals surface area contributed by atoms with Crippen LogP contribution in [0.4, 0.5) is 0 Å². The van der Waals surface area contributed by atoms with Gasteiger partial charge in [-0.05, 0) is 0 Å². The first-order valence-corrected chi connectivity index (χ1v) is 0. The molecular formula is H14In2Sb2Se. The predicted octanol–water partition coefficient (Wildman–Crippen LogP) is -5.65. The van der Waals surface area contributed by atoms with Gasteiger partial charge in [-0.3, -0.25) is 0 Å². The molecule has 0 saturated heterocycles. The molecule has 0 aliphatic carbocycles. The topological polar surface area (TPSA) is 0 Å². The Morgan fingerprint density at radius 3 is 0.600 bits per heavy atom. The van der Waals surface area contributed by atoms with E-state index in [0.29, 0.717) is 0 Å². The van der Waals surface area contributed by atoms with Crippen LogP contribution in [0.5, 0.6) is 0 Å². The van der Waals surface area contributed by atoms with Gasteiger partial charge < -0.3 is 0 Å². The fraction of sp³-hybridized carbons (Fsp3) is 0. The standard InChI is InChI=1S/2In.2Sb.H2Se.12H/h;;;;1H2;;;;;;;;;;;;. The van der Waals surface area contributed by atoms with Gasteiger partial charge in [0.2, 0.25) is 0 Å². The first-order valence-electron chi connectivity index (χ1n) is 0. The van der Waals surface area contributed by atoms with E-state index in [0.717, 1.165) is 0 Å². The van der Waals surface area contributed by atoms with E-state index in [-0.39, 0.29) is 118 Å². The van der Waals surface area contributed by atoms with E-state index in [1.54, 1.807) is 0 Å². The zero-order chi connectivity index (χ0) is 0. The number of hydrogen-bond acceptors (Lipinski definition) is 0. The van der Waals surface area contributed by atoms with Gasteiger partial charge in [0.1, 0.15) is 0 Å². The van der Waals surface area contributed by atoms with Crippen LogP contribution < -0.4 is 0 Å². The summed E-state index contributed by atoms with van der Waals surface area (Å²) >= 11 is 0. The first-order chi connectivity index (χ1) is 0. The summed E-state index contributed by atoms with van der Waals surface area (Å²) < 4.78 is 0. The van der Waals surface area contributed by atoms with E-state index in [1.165, 1.54) is 0 Å². The summed E-state index contributed by atoms with van der Waals surface area (Å²) in [6.45, 7) is 0. The Kier molecular flexibility index (Phi) is 181. The Bertz CT molecular complexity index is 7.61. The van der Waals surface area contributed by atoms with Gasteiger partial charge in [-0.25, -0.2) is 0 Å². The Balaban J connectivity index is 0. The van der Waals surface area contributed by atoms with Gasteiger partial charge in [0.25, 0.3) is 0 Å². The van der Waals surface area contributed by atoms with E-state index in [1.807, 2.05) is 0 Å². The molecule has 0 atom stereocenters. The molecular weight excluding hydrogens is 552 g/mol. The van der Waals surface area contributed by atoms with Gasteiger partial charge >= 0.3 is 118 Å². The van der Waals surface area contributed by atoms with Crippen molar-refractivity contribution < 1.29 is 0 Å². The van der Waals surface area contributed by atoms with E-state index >= 15 is 0 Å². The van der Waals surface area contributed by atoms with Crippen LogP contribution in [0.3, 0.4) is 0 Å². The molecule has 5 heavy (non-hydrogen) atoms. The van der Waals surface area contributed by atoms with Crippen LogP contribution in [0.25, 0.3) is 0 Å². The van der Waals surface area contributed by atoms with Crippen LogP contribution in [-0.2, 0) is 0 Å². The van der Waals surface area contributed by atoms with Crippen molar-refractivity contribution in [2.45, 2.75) is 0 Å². The molecule has 0 fully saturated rings. The third kappa shape index (κ3) is 18.1. The van der Waals surface area contributed by atoms with E-state index in [9.17, 15) is 0 Å². The van der Waals surface area contributed by atoms with Crippen molar-refractivity contribution in [2.24, 2.45) is 0 Å². The summed E-state index contributed by atoms with van der Waals surface area (Å²) in [6, 6.07) is 0. The summed E-state index contributed by atoms with van der Waals surface area (Å²) in [5.74, 6) is 0. The van der Waals surface area contributed by atoms with Crippen LogP contribution in [0.1, 0.15) is 0 Å². The molecule has 0 aliphatic heterocycles. The Hall–Kier alpha value is 3.90. The van der Waals surface area contributed by atoms with Crippen LogP contribution in [0, 0.1) is 0 Å². The molecule has 5 heteroatoms. The maximum atomic E-state index is 0. The fourth-order valence-corrected chi connectivity index (χ4v) is 0. The summed E-state index contributed by atoms with van der Waals surface area (Å²) in [5, 5.41) is 0. The van der Waals surface area contributed by atoms with Crippen molar-refractivity contribution >= 4 is 118 Å². The Morgan fingerprint density at radius 1 is 0.600 bits per heavy atom. The normalized spacial score (nSPS) is 0. The molecule has 0 saturated carbocycles. The van der Waals surface area contributed by atoms with Gasteiger partial charge in [-0.2, -0.15) is 0 Å². The molecule has 0 aliphatic rings. The SMILES string of the molecule is [InH3].[InH3].[SbH3].[SbH3].[SeH2]. The van der Waals surface area contributed by atoms with Crippen molar-refractivity contribution in [3.8, 4) is 0 Å². The summed E-state index contributed by atoms with van der Waals surface area (Å²) in [5.41, 5.74) is 0. The van der Waals surface area contributed by atoms with Crippen LogP contribution in [0.15, 0.2) is 0 Å². The predicted molar refractivity (Wildman–Crippen MR) is 48.3 cm³/mol. The molecule has 0 rings (SSSR count). The van der Waals surface area contributed by atoms with E-state index in [2.05, 4.69) is 0 Å². The molecule has 0 aromatic carbocycles. The fourth-order valence-electron chi connectivity index (χ4n) is 0. The summed E-state index contributed by atoms with van der Waals surface area (Å²) in [7, 11) is 0. The first kappa shape index (κ1) is 36.5. The third-order valence-corrected chi connectivity index (χ3v) is 0. The molecule has 0 spiro atoms. The zero-order valence-electron chi connectivity index (χ0n) is 1.91. The molecule has 0 nitrogen and oxygen atoms in total. The van der Waals surface area contributed by atoms with Gasteiger partial charge in [-0.1, -0.05) is 0 Å². The minimum absolute atomic E-state index is 0. The Labute approximate surface area is 115 Å². The van der Waals surface area contributed by atoms with E-state index in [4.69, 9.17) is 0 Å². The molecule has 0 aromatic heterocycles. The maximum absolute atomic E-state index is 0. The van der Waals surface area contributed by atoms with Crippen LogP contribution >= 0.6 is 0 Å². The molecule has 0 radical (unpaired) electrons. The zero-order valence-corrected chi connectivity index (χ0v) is 12.1. The quantitative estimate of drug-likeness (QED) is 0.257. The molecule has 0 heterocycles. The van der Waals surface area contributed by atoms with Crippen LogP contribution in [-0.4, -0.2) is 118 Å². The van der Waals surface area contributed by atoms with Crippen molar-refractivity contribution in [3.63, 3.8) is 0 Å². The van der Waals surface area contributed by atoms with Gasteiger partial charge in [-0.15, -0.1) is 0 Å². The second-order valence-corrected chi connectivity index (χ2v) is 0. The Morgan fingerprint density at radius 2 is 0.600 bits per heavy atom. The average Bonchev–Trinajstić information content (AvgIpc) is 0. The monoisotopic (exact) mass is 566 g/mol. The van der Waals surface area contributed by atoms with Crippen molar-refractivity contribution in [2.75, 3.05) is 0 Å². The molecule has 0 bridgehead atoms. The second kappa shape index (κ2) is 24.7. The van der Waals surface area contributed by atoms with Gasteiger partial charge in [0, 0.05) is 0 Å². The number of hydrogen-bond donors (Lipinski definition) is 0. The second-order valence-electron chi connectivity index (χ2n) is 0. The van der Waals surface area contributed by atoms with Crippen LogP contribution in [0.2, 0.25) is 0 Å². The number of rotatable bonds is 0. The average molecular weight is 566 g/mol. The van der Waals surface area contributed by atoms with Gasteiger partial charge in [0.05, 0.1) is 0 Å². The summed E-state index contributed by atoms with van der Waals surface area (Å²) in [6.07, 6.45) is 0. The summed E-state index contributed by atoms with van der Waals surface area (Å²) in [4.78, 5) is 0. The van der Waals surface area contributed by atoms with E-state index < -0.39 is 0 Å². The van der Waals surface area contributed by atoms with Crippen molar-refractivity contribution in [3.05, 3.63) is 0 Å². The molecule has 36 valence electrons. The van der Waals surface area contributed by atoms with Gasteiger partial charge in [0.15, 0.2) is 0 Å². The molecule has 0 amide bonds. The third-order valence-electron chi connectivity index (χ3n) is 0. The molecule has 0 aromatic rings. The molecule has 0 unspecified atom stereocenters. The van der Waals surface area contributed by atoms with Crippen molar-refractivity contribution in [1.82, 2.24) is 0 Å². The minimum atomic E-state index is 0.